The summed E-state index contributed by atoms with van der Waals surface area (Å²) in [6.07, 6.45) is 8.15. The van der Waals surface area contributed by atoms with Gasteiger partial charge in [0.05, 0.1) is 6.07 Å². The fourth-order valence-electron chi connectivity index (χ4n) is 2.36. The molecule has 0 spiro atoms. The van der Waals surface area contributed by atoms with Crippen LogP contribution in [-0.2, 0) is 11.3 Å². The Morgan fingerprint density at radius 2 is 2.24 bits per heavy atom. The molecule has 0 saturated heterocycles. The van der Waals surface area contributed by atoms with Crippen molar-refractivity contribution in [3.63, 3.8) is 0 Å². The molecule has 4 nitrogen and oxygen atoms in total. The van der Waals surface area contributed by atoms with Gasteiger partial charge in [0.15, 0.2) is 0 Å². The van der Waals surface area contributed by atoms with E-state index in [4.69, 9.17) is 0 Å². The highest BCUT2D eigenvalue weighted by Crippen LogP contribution is 2.35. The van der Waals surface area contributed by atoms with Gasteiger partial charge in [0.25, 0.3) is 0 Å². The lowest BCUT2D eigenvalue weighted by molar-refractivity contribution is -0.129. The molecule has 0 atom stereocenters. The first-order valence-corrected chi connectivity index (χ1v) is 6.08. The monoisotopic (exact) mass is 231 g/mol. The summed E-state index contributed by atoms with van der Waals surface area (Å²) in [5, 5.41) is 12.1. The second-order valence-corrected chi connectivity index (χ2v) is 4.66. The molecule has 0 aliphatic heterocycles. The molecule has 1 heterocycles. The third-order valence-corrected chi connectivity index (χ3v) is 3.47. The van der Waals surface area contributed by atoms with E-state index in [9.17, 15) is 10.1 Å². The molecular formula is C13H17N3O. The SMILES string of the molecule is N#CC1(C(=O)NCc2cc[nH]c2)CCCCC1. The predicted molar refractivity (Wildman–Crippen MR) is 63.8 cm³/mol. The Labute approximate surface area is 101 Å². The van der Waals surface area contributed by atoms with E-state index < -0.39 is 5.41 Å². The number of aromatic amines is 1. The van der Waals surface area contributed by atoms with Gasteiger partial charge in [-0.25, -0.2) is 0 Å². The first-order chi connectivity index (χ1) is 8.27. The molecule has 1 saturated carbocycles. The first kappa shape index (κ1) is 11.7. The lowest BCUT2D eigenvalue weighted by atomic mass is 9.74. The van der Waals surface area contributed by atoms with Crippen LogP contribution in [0.5, 0.6) is 0 Å². The van der Waals surface area contributed by atoms with Crippen LogP contribution in [0.15, 0.2) is 18.5 Å². The predicted octanol–water partition coefficient (Wildman–Crippen LogP) is 2.10. The van der Waals surface area contributed by atoms with Gasteiger partial charge >= 0.3 is 0 Å². The molecule has 2 rings (SSSR count). The zero-order chi connectivity index (χ0) is 12.1. The number of aromatic nitrogens is 1. The average Bonchev–Trinajstić information content (AvgIpc) is 2.90. The molecule has 0 unspecified atom stereocenters. The van der Waals surface area contributed by atoms with Gasteiger partial charge in [-0.15, -0.1) is 0 Å². The summed E-state index contributed by atoms with van der Waals surface area (Å²) in [5.41, 5.74) is 0.247. The molecule has 4 heteroatoms. The van der Waals surface area contributed by atoms with Crippen LogP contribution in [0.25, 0.3) is 0 Å². The van der Waals surface area contributed by atoms with E-state index in [0.717, 1.165) is 24.8 Å². The number of nitriles is 1. The minimum atomic E-state index is -0.783. The highest BCUT2D eigenvalue weighted by atomic mass is 16.2. The topological polar surface area (TPSA) is 68.7 Å². The number of hydrogen-bond donors (Lipinski definition) is 2. The lowest BCUT2D eigenvalue weighted by Crippen LogP contribution is -2.41. The van der Waals surface area contributed by atoms with Crippen molar-refractivity contribution >= 4 is 5.91 Å². The second-order valence-electron chi connectivity index (χ2n) is 4.66. The molecule has 1 amide bonds. The van der Waals surface area contributed by atoms with Crippen molar-refractivity contribution in [3.05, 3.63) is 24.0 Å². The summed E-state index contributed by atoms with van der Waals surface area (Å²) >= 11 is 0. The molecule has 1 fully saturated rings. The fourth-order valence-corrected chi connectivity index (χ4v) is 2.36. The molecular weight excluding hydrogens is 214 g/mol. The van der Waals surface area contributed by atoms with E-state index in [2.05, 4.69) is 16.4 Å². The molecule has 1 aliphatic carbocycles. The summed E-state index contributed by atoms with van der Waals surface area (Å²) in [6, 6.07) is 4.14. The molecule has 90 valence electrons. The summed E-state index contributed by atoms with van der Waals surface area (Å²) in [5.74, 6) is -0.110. The van der Waals surface area contributed by atoms with Gasteiger partial charge in [-0.3, -0.25) is 4.79 Å². The van der Waals surface area contributed by atoms with Crippen LogP contribution in [0, 0.1) is 16.7 Å². The maximum atomic E-state index is 12.1. The number of H-pyrrole nitrogens is 1. The van der Waals surface area contributed by atoms with Gasteiger partial charge in [-0.05, 0) is 24.5 Å². The Bertz CT molecular complexity index is 410. The lowest BCUT2D eigenvalue weighted by Gasteiger charge is -2.29. The number of hydrogen-bond acceptors (Lipinski definition) is 2. The van der Waals surface area contributed by atoms with E-state index in [0.29, 0.717) is 19.4 Å². The summed E-state index contributed by atoms with van der Waals surface area (Å²) in [4.78, 5) is 15.0. The Hall–Kier alpha value is -1.76. The van der Waals surface area contributed by atoms with Crippen molar-refractivity contribution in [2.24, 2.45) is 5.41 Å². The van der Waals surface area contributed by atoms with Gasteiger partial charge in [0.1, 0.15) is 5.41 Å². The van der Waals surface area contributed by atoms with E-state index in [1.54, 1.807) is 0 Å². The molecule has 1 aromatic heterocycles. The fraction of sp³-hybridized carbons (Fsp3) is 0.538. The minimum Gasteiger partial charge on any atom is -0.367 e. The van der Waals surface area contributed by atoms with Crippen molar-refractivity contribution in [1.29, 1.82) is 5.26 Å². The van der Waals surface area contributed by atoms with Crippen molar-refractivity contribution in [3.8, 4) is 6.07 Å². The molecule has 1 aliphatic rings. The zero-order valence-corrected chi connectivity index (χ0v) is 9.83. The molecule has 1 aromatic rings. The molecule has 17 heavy (non-hydrogen) atoms. The average molecular weight is 231 g/mol. The van der Waals surface area contributed by atoms with E-state index in [1.807, 2.05) is 18.5 Å². The summed E-state index contributed by atoms with van der Waals surface area (Å²) in [6.45, 7) is 0.492. The van der Waals surface area contributed by atoms with Crippen molar-refractivity contribution in [2.75, 3.05) is 0 Å². The van der Waals surface area contributed by atoms with E-state index >= 15 is 0 Å². The van der Waals surface area contributed by atoms with Gasteiger partial charge in [-0.1, -0.05) is 19.3 Å². The van der Waals surface area contributed by atoms with Crippen LogP contribution in [0.2, 0.25) is 0 Å². The largest absolute Gasteiger partial charge is 0.367 e. The standard InChI is InChI=1S/C13H17N3O/c14-10-13(5-2-1-3-6-13)12(17)16-9-11-4-7-15-8-11/h4,7-8,15H,1-3,5-6,9H2,(H,16,17). The van der Waals surface area contributed by atoms with Gasteiger partial charge in [-0.2, -0.15) is 5.26 Å². The second kappa shape index (κ2) is 5.05. The van der Waals surface area contributed by atoms with Crippen LogP contribution >= 0.6 is 0 Å². The van der Waals surface area contributed by atoms with E-state index in [1.165, 1.54) is 0 Å². The third-order valence-electron chi connectivity index (χ3n) is 3.47. The van der Waals surface area contributed by atoms with E-state index in [-0.39, 0.29) is 5.91 Å². The smallest absolute Gasteiger partial charge is 0.240 e. The minimum absolute atomic E-state index is 0.110. The summed E-state index contributed by atoms with van der Waals surface area (Å²) < 4.78 is 0. The molecule has 0 aromatic carbocycles. The Morgan fingerprint density at radius 1 is 1.47 bits per heavy atom. The zero-order valence-electron chi connectivity index (χ0n) is 9.83. The van der Waals surface area contributed by atoms with Gasteiger partial charge < -0.3 is 10.3 Å². The highest BCUT2D eigenvalue weighted by Gasteiger charge is 2.39. The van der Waals surface area contributed by atoms with Crippen LogP contribution < -0.4 is 5.32 Å². The normalized spacial score (nSPS) is 18.3. The van der Waals surface area contributed by atoms with Crippen LogP contribution in [0.1, 0.15) is 37.7 Å². The number of nitrogens with one attached hydrogen (secondary N) is 2. The first-order valence-electron chi connectivity index (χ1n) is 6.08. The number of carbonyl (C=O) groups excluding carboxylic acids is 1. The maximum Gasteiger partial charge on any atom is 0.240 e. The van der Waals surface area contributed by atoms with Crippen LogP contribution in [-0.4, -0.2) is 10.9 Å². The maximum absolute atomic E-state index is 12.1. The Morgan fingerprint density at radius 3 is 2.82 bits per heavy atom. The van der Waals surface area contributed by atoms with Crippen molar-refractivity contribution < 1.29 is 4.79 Å². The number of nitrogens with zero attached hydrogens (tertiary/aromatic N) is 1. The third kappa shape index (κ3) is 2.50. The highest BCUT2D eigenvalue weighted by molar-refractivity contribution is 5.85. The quantitative estimate of drug-likeness (QED) is 0.836. The number of carbonyl (C=O) groups is 1. The van der Waals surface area contributed by atoms with Gasteiger partial charge in [0, 0.05) is 18.9 Å². The van der Waals surface area contributed by atoms with Crippen molar-refractivity contribution in [2.45, 2.75) is 38.6 Å². The number of rotatable bonds is 3. The molecule has 0 bridgehead atoms. The Kier molecular flexibility index (Phi) is 3.48. The Balaban J connectivity index is 1.96. The van der Waals surface area contributed by atoms with Crippen molar-refractivity contribution in [1.82, 2.24) is 10.3 Å². The van der Waals surface area contributed by atoms with Gasteiger partial charge in [0.2, 0.25) is 5.91 Å². The van der Waals surface area contributed by atoms with Crippen LogP contribution in [0.4, 0.5) is 0 Å². The van der Waals surface area contributed by atoms with Crippen LogP contribution in [0.3, 0.4) is 0 Å². The number of amides is 1. The summed E-state index contributed by atoms with van der Waals surface area (Å²) in [7, 11) is 0. The molecule has 0 radical (unpaired) electrons. The molecule has 2 N–H and O–H groups in total.